The Bertz CT molecular complexity index is 1310. The number of rotatable bonds is 3. The summed E-state index contributed by atoms with van der Waals surface area (Å²) in [5, 5.41) is 7.38. The van der Waals surface area contributed by atoms with E-state index in [0.717, 1.165) is 10.9 Å². The van der Waals surface area contributed by atoms with Gasteiger partial charge in [-0.2, -0.15) is 0 Å². The molecule has 2 heterocycles. The minimum Gasteiger partial charge on any atom is -0.423 e. The van der Waals surface area contributed by atoms with Gasteiger partial charge in [0.1, 0.15) is 28.4 Å². The molecule has 0 spiro atoms. The molecule has 146 valence electrons. The summed E-state index contributed by atoms with van der Waals surface area (Å²) in [5.41, 5.74) is 1.06. The van der Waals surface area contributed by atoms with E-state index in [-0.39, 0.29) is 27.6 Å². The minimum atomic E-state index is -0.622. The zero-order valence-electron chi connectivity index (χ0n) is 15.4. The molecule has 1 amide bonds. The number of aromatic nitrogens is 1. The van der Waals surface area contributed by atoms with Gasteiger partial charge < -0.3 is 14.3 Å². The highest BCUT2D eigenvalue weighted by molar-refractivity contribution is 6.33. The molecule has 0 aliphatic heterocycles. The Labute approximate surface area is 168 Å². The number of nitrogens with zero attached hydrogens (tertiary/aromatic N) is 1. The lowest BCUT2D eigenvalue weighted by Gasteiger charge is -2.08. The molecule has 4 aromatic rings. The lowest BCUT2D eigenvalue weighted by atomic mass is 10.0. The average molecular weight is 413 g/mol. The molecule has 4 rings (SSSR count). The molecular weight excluding hydrogens is 399 g/mol. The maximum atomic E-state index is 14.3. The second-order valence-corrected chi connectivity index (χ2v) is 6.88. The highest BCUT2D eigenvalue weighted by atomic mass is 35.5. The molecule has 2 aromatic heterocycles. The number of halogens is 2. The average Bonchev–Trinajstić information content (AvgIpc) is 3.02. The van der Waals surface area contributed by atoms with Crippen LogP contribution in [0.4, 0.5) is 10.1 Å². The van der Waals surface area contributed by atoms with Gasteiger partial charge in [-0.15, -0.1) is 0 Å². The summed E-state index contributed by atoms with van der Waals surface area (Å²) in [6, 6.07) is 10.5. The van der Waals surface area contributed by atoms with E-state index >= 15 is 0 Å². The standard InChI is InChI=1S/C21H14ClFN2O4/c1-10-8-17(26)28-16-9-12(6-7-13(10)16)24-21(27)18-11(2)29-25-20(18)19-14(22)4-3-5-15(19)23/h3-9H,1-2H3,(H,24,27). The second kappa shape index (κ2) is 7.18. The third-order valence-corrected chi connectivity index (χ3v) is 4.81. The number of amides is 1. The Morgan fingerprint density at radius 2 is 1.97 bits per heavy atom. The van der Waals surface area contributed by atoms with Gasteiger partial charge in [-0.05, 0) is 43.7 Å². The van der Waals surface area contributed by atoms with E-state index in [1.807, 2.05) is 0 Å². The quantitative estimate of drug-likeness (QED) is 0.472. The van der Waals surface area contributed by atoms with Crippen LogP contribution < -0.4 is 10.9 Å². The molecule has 8 heteroatoms. The SMILES string of the molecule is Cc1onc(-c2c(F)cccc2Cl)c1C(=O)Nc1ccc2c(C)cc(=O)oc2c1. The largest absolute Gasteiger partial charge is 0.423 e. The molecule has 0 atom stereocenters. The summed E-state index contributed by atoms with van der Waals surface area (Å²) in [6.07, 6.45) is 0. The third-order valence-electron chi connectivity index (χ3n) is 4.50. The van der Waals surface area contributed by atoms with Crippen molar-refractivity contribution in [2.24, 2.45) is 0 Å². The predicted octanol–water partition coefficient (Wildman–Crippen LogP) is 5.11. The highest BCUT2D eigenvalue weighted by Crippen LogP contribution is 2.34. The number of carbonyl (C=O) groups is 1. The topological polar surface area (TPSA) is 85.3 Å². The molecule has 2 aromatic carbocycles. The van der Waals surface area contributed by atoms with Crippen LogP contribution >= 0.6 is 11.6 Å². The predicted molar refractivity (Wildman–Crippen MR) is 107 cm³/mol. The van der Waals surface area contributed by atoms with Crippen LogP contribution in [0.15, 0.2) is 56.2 Å². The number of benzene rings is 2. The van der Waals surface area contributed by atoms with Crippen molar-refractivity contribution in [3.8, 4) is 11.3 Å². The minimum absolute atomic E-state index is 0.00580. The van der Waals surface area contributed by atoms with Crippen LogP contribution in [0.1, 0.15) is 21.7 Å². The summed E-state index contributed by atoms with van der Waals surface area (Å²) < 4.78 is 24.6. The van der Waals surface area contributed by atoms with E-state index in [9.17, 15) is 14.0 Å². The molecule has 0 fully saturated rings. The second-order valence-electron chi connectivity index (χ2n) is 6.47. The fourth-order valence-corrected chi connectivity index (χ4v) is 3.38. The van der Waals surface area contributed by atoms with E-state index in [2.05, 4.69) is 10.5 Å². The maximum Gasteiger partial charge on any atom is 0.336 e. The van der Waals surface area contributed by atoms with Crippen LogP contribution in [-0.4, -0.2) is 11.1 Å². The molecule has 1 N–H and O–H groups in total. The maximum absolute atomic E-state index is 14.3. The Kier molecular flexibility index (Phi) is 4.68. The van der Waals surface area contributed by atoms with Gasteiger partial charge in [-0.3, -0.25) is 4.79 Å². The van der Waals surface area contributed by atoms with Gasteiger partial charge in [0.2, 0.25) is 0 Å². The first-order valence-electron chi connectivity index (χ1n) is 8.61. The number of anilines is 1. The number of hydrogen-bond acceptors (Lipinski definition) is 5. The molecule has 0 bridgehead atoms. The zero-order valence-corrected chi connectivity index (χ0v) is 16.1. The van der Waals surface area contributed by atoms with Crippen molar-refractivity contribution >= 4 is 34.2 Å². The normalized spacial score (nSPS) is 11.0. The van der Waals surface area contributed by atoms with Gasteiger partial charge in [0.05, 0.1) is 10.6 Å². The molecule has 29 heavy (non-hydrogen) atoms. The summed E-state index contributed by atoms with van der Waals surface area (Å²) in [7, 11) is 0. The lowest BCUT2D eigenvalue weighted by molar-refractivity contribution is 0.102. The summed E-state index contributed by atoms with van der Waals surface area (Å²) in [4.78, 5) is 24.5. The molecule has 0 unspecified atom stereocenters. The Morgan fingerprint density at radius 3 is 2.72 bits per heavy atom. The Hall–Kier alpha value is -3.45. The van der Waals surface area contributed by atoms with Crippen LogP contribution in [0.5, 0.6) is 0 Å². The highest BCUT2D eigenvalue weighted by Gasteiger charge is 2.25. The van der Waals surface area contributed by atoms with E-state index in [4.69, 9.17) is 20.5 Å². The van der Waals surface area contributed by atoms with Gasteiger partial charge in [0, 0.05) is 23.2 Å². The van der Waals surface area contributed by atoms with Gasteiger partial charge >= 0.3 is 5.63 Å². The zero-order chi connectivity index (χ0) is 20.7. The molecule has 0 aliphatic carbocycles. The number of hydrogen-bond donors (Lipinski definition) is 1. The van der Waals surface area contributed by atoms with E-state index in [1.165, 1.54) is 24.3 Å². The first-order valence-corrected chi connectivity index (χ1v) is 8.99. The first-order chi connectivity index (χ1) is 13.8. The number of nitrogens with one attached hydrogen (secondary N) is 1. The van der Waals surface area contributed by atoms with Gasteiger partial charge in [0.15, 0.2) is 0 Å². The van der Waals surface area contributed by atoms with E-state index in [0.29, 0.717) is 11.3 Å². The molecule has 6 nitrogen and oxygen atoms in total. The molecule has 0 saturated carbocycles. The van der Waals surface area contributed by atoms with E-state index < -0.39 is 17.3 Å². The van der Waals surface area contributed by atoms with Crippen LogP contribution in [0, 0.1) is 19.7 Å². The fraction of sp³-hybridized carbons (Fsp3) is 0.0952. The van der Waals surface area contributed by atoms with Crippen molar-refractivity contribution in [3.63, 3.8) is 0 Å². The molecule has 0 aliphatic rings. The van der Waals surface area contributed by atoms with Crippen molar-refractivity contribution < 1.29 is 18.1 Å². The van der Waals surface area contributed by atoms with Gasteiger partial charge in [-0.25, -0.2) is 9.18 Å². The van der Waals surface area contributed by atoms with Crippen molar-refractivity contribution in [1.29, 1.82) is 0 Å². The van der Waals surface area contributed by atoms with Crippen molar-refractivity contribution in [1.82, 2.24) is 5.16 Å². The van der Waals surface area contributed by atoms with Gasteiger partial charge in [0.25, 0.3) is 5.91 Å². The van der Waals surface area contributed by atoms with Crippen molar-refractivity contribution in [3.05, 3.63) is 80.6 Å². The van der Waals surface area contributed by atoms with Crippen LogP contribution in [-0.2, 0) is 0 Å². The molecule has 0 radical (unpaired) electrons. The van der Waals surface area contributed by atoms with Crippen molar-refractivity contribution in [2.75, 3.05) is 5.32 Å². The fourth-order valence-electron chi connectivity index (χ4n) is 3.13. The van der Waals surface area contributed by atoms with Gasteiger partial charge in [-0.1, -0.05) is 22.8 Å². The summed E-state index contributed by atoms with van der Waals surface area (Å²) >= 11 is 6.11. The molecule has 0 saturated heterocycles. The lowest BCUT2D eigenvalue weighted by Crippen LogP contribution is -2.14. The van der Waals surface area contributed by atoms with Crippen LogP contribution in [0.3, 0.4) is 0 Å². The number of carbonyl (C=O) groups excluding carboxylic acids is 1. The van der Waals surface area contributed by atoms with Crippen molar-refractivity contribution in [2.45, 2.75) is 13.8 Å². The summed E-state index contributed by atoms with van der Waals surface area (Å²) in [6.45, 7) is 3.34. The smallest absolute Gasteiger partial charge is 0.336 e. The monoisotopic (exact) mass is 412 g/mol. The number of fused-ring (bicyclic) bond motifs is 1. The van der Waals surface area contributed by atoms with Crippen LogP contribution in [0.25, 0.3) is 22.2 Å². The Morgan fingerprint density at radius 1 is 1.17 bits per heavy atom. The summed E-state index contributed by atoms with van der Waals surface area (Å²) in [5.74, 6) is -0.977. The first kappa shape index (κ1) is 18.9. The number of aryl methyl sites for hydroxylation is 2. The third kappa shape index (κ3) is 3.40. The van der Waals surface area contributed by atoms with Crippen LogP contribution in [0.2, 0.25) is 5.02 Å². The molecular formula is C21H14ClFN2O4. The van der Waals surface area contributed by atoms with E-state index in [1.54, 1.807) is 32.0 Å². The Balaban J connectivity index is 1.74.